The number of amides is 3. The van der Waals surface area contributed by atoms with E-state index in [1.54, 1.807) is 72.2 Å². The number of esters is 2. The van der Waals surface area contributed by atoms with Crippen LogP contribution >= 0.6 is 0 Å². The molecule has 2 aromatic heterocycles. The van der Waals surface area contributed by atoms with E-state index in [2.05, 4.69) is 50.4 Å². The van der Waals surface area contributed by atoms with Gasteiger partial charge in [-0.2, -0.15) is 0 Å². The average Bonchev–Trinajstić information content (AvgIpc) is 3.93. The van der Waals surface area contributed by atoms with Crippen LogP contribution in [0.4, 0.5) is 10.6 Å². The van der Waals surface area contributed by atoms with Crippen molar-refractivity contribution in [1.29, 1.82) is 0 Å². The molecule has 0 aliphatic carbocycles. The van der Waals surface area contributed by atoms with Crippen LogP contribution in [0.15, 0.2) is 128 Å². The summed E-state index contributed by atoms with van der Waals surface area (Å²) in [7, 11) is 0. The second-order valence-corrected chi connectivity index (χ2v) is 15.9. The van der Waals surface area contributed by atoms with Crippen LogP contribution in [0.25, 0.3) is 11.2 Å². The number of anilines is 1. The van der Waals surface area contributed by atoms with Crippen LogP contribution in [-0.2, 0) is 25.5 Å². The zero-order chi connectivity index (χ0) is 45.0. The van der Waals surface area contributed by atoms with Crippen LogP contribution in [0.2, 0.25) is 0 Å². The number of hydrogen-bond acceptors (Lipinski definition) is 12. The molecule has 2 saturated heterocycles. The first-order valence-corrected chi connectivity index (χ1v) is 22.1. The van der Waals surface area contributed by atoms with Crippen molar-refractivity contribution in [2.24, 2.45) is 0 Å². The highest BCUT2D eigenvalue weighted by Gasteiger charge is 2.54. The SMILES string of the molecule is CCNC(=O)C1OC(n2cnc3c(NCC(c4ccccc4)c4ccccc4)nc(CNC(=O)NCCN4CCCCC4)nc32)C(OC(=O)c2ccccc2)C1OC(=O)c1ccccc1. The van der Waals surface area contributed by atoms with Crippen molar-refractivity contribution in [1.82, 2.24) is 40.4 Å². The summed E-state index contributed by atoms with van der Waals surface area (Å²) < 4.78 is 20.3. The van der Waals surface area contributed by atoms with E-state index >= 15 is 0 Å². The van der Waals surface area contributed by atoms with Crippen molar-refractivity contribution in [3.63, 3.8) is 0 Å². The largest absolute Gasteiger partial charge is 0.451 e. The lowest BCUT2D eigenvalue weighted by atomic mass is 9.91. The molecule has 2 aliphatic rings. The fraction of sp³-hybridized carbons (Fsp3) is 0.327. The smallest absolute Gasteiger partial charge is 0.338 e. The normalized spacial score (nSPS) is 18.5. The van der Waals surface area contributed by atoms with Crippen molar-refractivity contribution in [3.05, 3.63) is 156 Å². The van der Waals surface area contributed by atoms with Gasteiger partial charge in [0.25, 0.3) is 5.91 Å². The van der Waals surface area contributed by atoms with Crippen molar-refractivity contribution in [2.45, 2.75) is 63.2 Å². The Labute approximate surface area is 377 Å². The fourth-order valence-corrected chi connectivity index (χ4v) is 8.22. The van der Waals surface area contributed by atoms with Gasteiger partial charge in [0.2, 0.25) is 0 Å². The van der Waals surface area contributed by atoms with E-state index in [1.807, 2.05) is 36.4 Å². The predicted octanol–water partition coefficient (Wildman–Crippen LogP) is 5.84. The minimum Gasteiger partial charge on any atom is -0.451 e. The van der Waals surface area contributed by atoms with Crippen LogP contribution in [0.5, 0.6) is 0 Å². The number of likely N-dealkylation sites (tertiary alicyclic amines) is 1. The average molecular weight is 880 g/mol. The molecule has 4 aromatic carbocycles. The molecule has 0 bridgehead atoms. The van der Waals surface area contributed by atoms with Gasteiger partial charge in [0.1, 0.15) is 0 Å². The second-order valence-electron chi connectivity index (χ2n) is 15.9. The first-order valence-electron chi connectivity index (χ1n) is 22.1. The molecule has 336 valence electrons. The van der Waals surface area contributed by atoms with E-state index in [0.717, 1.165) is 43.6 Å². The van der Waals surface area contributed by atoms with Gasteiger partial charge in [-0.05, 0) is 68.2 Å². The number of nitrogens with one attached hydrogen (secondary N) is 4. The number of hydrogen-bond donors (Lipinski definition) is 4. The molecular formula is C49H53N9O7. The monoisotopic (exact) mass is 879 g/mol. The lowest BCUT2D eigenvalue weighted by Crippen LogP contribution is -2.46. The number of imidazole rings is 1. The van der Waals surface area contributed by atoms with Crippen LogP contribution in [0.1, 0.15) is 76.0 Å². The molecule has 0 spiro atoms. The quantitative estimate of drug-likeness (QED) is 0.0803. The Hall–Kier alpha value is -7.17. The Balaban J connectivity index is 1.15. The molecule has 4 N–H and O–H groups in total. The zero-order valence-electron chi connectivity index (χ0n) is 36.2. The lowest BCUT2D eigenvalue weighted by molar-refractivity contribution is -0.137. The van der Waals surface area contributed by atoms with Crippen molar-refractivity contribution < 1.29 is 33.4 Å². The van der Waals surface area contributed by atoms with E-state index in [4.69, 9.17) is 29.2 Å². The maximum absolute atomic E-state index is 13.9. The number of piperidine rings is 1. The van der Waals surface area contributed by atoms with Gasteiger partial charge >= 0.3 is 18.0 Å². The van der Waals surface area contributed by atoms with Gasteiger partial charge in [0.05, 0.1) is 24.0 Å². The maximum atomic E-state index is 13.9. The van der Waals surface area contributed by atoms with Gasteiger partial charge in [0.15, 0.2) is 47.3 Å². The summed E-state index contributed by atoms with van der Waals surface area (Å²) in [5.41, 5.74) is 3.22. The molecule has 3 amide bonds. The van der Waals surface area contributed by atoms with E-state index in [9.17, 15) is 19.2 Å². The molecule has 0 radical (unpaired) electrons. The molecule has 4 unspecified atom stereocenters. The first kappa shape index (κ1) is 44.4. The Kier molecular flexibility index (Phi) is 14.7. The number of ether oxygens (including phenoxy) is 3. The molecular weight excluding hydrogens is 827 g/mol. The first-order chi connectivity index (χ1) is 31.9. The van der Waals surface area contributed by atoms with Gasteiger partial charge in [-0.1, -0.05) is 103 Å². The molecule has 16 heteroatoms. The minimum absolute atomic E-state index is 0.0526. The molecule has 65 heavy (non-hydrogen) atoms. The Morgan fingerprint density at radius 2 is 1.31 bits per heavy atom. The summed E-state index contributed by atoms with van der Waals surface area (Å²) in [4.78, 5) is 71.3. The molecule has 2 fully saturated rings. The van der Waals surface area contributed by atoms with Gasteiger partial charge in [0, 0.05) is 32.1 Å². The number of fused-ring (bicyclic) bond motifs is 1. The maximum Gasteiger partial charge on any atom is 0.338 e. The van der Waals surface area contributed by atoms with Crippen LogP contribution < -0.4 is 21.3 Å². The zero-order valence-corrected chi connectivity index (χ0v) is 36.2. The third-order valence-electron chi connectivity index (χ3n) is 11.5. The van der Waals surface area contributed by atoms with Gasteiger partial charge in [-0.3, -0.25) is 9.36 Å². The number of urea groups is 1. The van der Waals surface area contributed by atoms with E-state index in [-0.39, 0.29) is 47.6 Å². The van der Waals surface area contributed by atoms with Gasteiger partial charge in [-0.15, -0.1) is 0 Å². The number of aromatic nitrogens is 4. The number of carbonyl (C=O) groups excluding carboxylic acids is 4. The third kappa shape index (κ3) is 11.0. The summed E-state index contributed by atoms with van der Waals surface area (Å²) in [5, 5.41) is 12.1. The number of carbonyl (C=O) groups is 4. The number of rotatable bonds is 17. The summed E-state index contributed by atoms with van der Waals surface area (Å²) >= 11 is 0. The lowest BCUT2D eigenvalue weighted by Gasteiger charge is -2.26. The predicted molar refractivity (Wildman–Crippen MR) is 243 cm³/mol. The molecule has 2 aliphatic heterocycles. The van der Waals surface area contributed by atoms with E-state index in [1.165, 1.54) is 12.7 Å². The molecule has 8 rings (SSSR count). The third-order valence-corrected chi connectivity index (χ3v) is 11.5. The van der Waals surface area contributed by atoms with Crippen LogP contribution in [0.3, 0.4) is 0 Å². The highest BCUT2D eigenvalue weighted by Crippen LogP contribution is 2.38. The topological polar surface area (TPSA) is 191 Å². The Bertz CT molecular complexity index is 2480. The van der Waals surface area contributed by atoms with Crippen LogP contribution in [0, 0.1) is 0 Å². The summed E-state index contributed by atoms with van der Waals surface area (Å²) in [6.07, 6.45) is -0.467. The van der Waals surface area contributed by atoms with Crippen LogP contribution in [-0.4, -0.2) is 106 Å². The Morgan fingerprint density at radius 3 is 1.91 bits per heavy atom. The summed E-state index contributed by atoms with van der Waals surface area (Å²) in [5.74, 6) is -1.52. The number of likely N-dealkylation sites (N-methyl/N-ethyl adjacent to an activating group) is 1. The molecule has 6 aromatic rings. The van der Waals surface area contributed by atoms with Gasteiger partial charge in [-0.25, -0.2) is 29.3 Å². The van der Waals surface area contributed by atoms with Crippen molar-refractivity contribution >= 4 is 40.9 Å². The fourth-order valence-electron chi connectivity index (χ4n) is 8.22. The Morgan fingerprint density at radius 1 is 0.723 bits per heavy atom. The molecule has 4 heterocycles. The van der Waals surface area contributed by atoms with Crippen molar-refractivity contribution in [2.75, 3.05) is 44.6 Å². The number of benzene rings is 4. The number of nitrogens with zero attached hydrogens (tertiary/aromatic N) is 5. The molecule has 0 saturated carbocycles. The van der Waals surface area contributed by atoms with Gasteiger partial charge < -0.3 is 40.4 Å². The van der Waals surface area contributed by atoms with E-state index < -0.39 is 42.4 Å². The second kappa shape index (κ2) is 21.5. The summed E-state index contributed by atoms with van der Waals surface area (Å²) in [6, 6.07) is 36.5. The molecule has 4 atom stereocenters. The van der Waals surface area contributed by atoms with E-state index in [0.29, 0.717) is 24.4 Å². The summed E-state index contributed by atoms with van der Waals surface area (Å²) in [6.45, 7) is 5.64. The van der Waals surface area contributed by atoms with Crippen molar-refractivity contribution in [3.8, 4) is 0 Å². The minimum atomic E-state index is -1.41. The highest BCUT2D eigenvalue weighted by atomic mass is 16.6. The molecule has 16 nitrogen and oxygen atoms in total. The standard InChI is InChI=1S/C49H53N9O7/c1-2-50-45(59)41-40(64-47(60)35-22-12-5-13-23-35)42(65-48(61)36-24-14-6-15-25-36)46(63-41)58-32-54-39-43(52-30-37(33-18-8-3-9-19-33)34-20-10-4-11-21-34)55-38(56-44(39)58)31-53-49(62)51-26-29-57-27-16-7-17-28-57/h3-6,8-15,18-25,32,37,40-42,46H,2,7,16-17,26-31H2,1H3,(H,50,59)(H2,51,53,62)(H,52,55,56). The highest BCUT2D eigenvalue weighted by molar-refractivity contribution is 5.91.